The lowest BCUT2D eigenvalue weighted by atomic mass is 9.90. The first-order chi connectivity index (χ1) is 17.9. The zero-order valence-electron chi connectivity index (χ0n) is 21.1. The number of non-ortho nitro benzene ring substituents is 1. The molecule has 0 unspecified atom stereocenters. The third-order valence-corrected chi connectivity index (χ3v) is 6.32. The monoisotopic (exact) mass is 543 g/mol. The number of likely N-dealkylation sites (tertiary alicyclic amines) is 1. The van der Waals surface area contributed by atoms with Gasteiger partial charge in [0.2, 0.25) is 0 Å². The van der Waals surface area contributed by atoms with E-state index in [2.05, 4.69) is 10.4 Å². The van der Waals surface area contributed by atoms with E-state index in [4.69, 9.17) is 16.3 Å². The Hall–Kier alpha value is -3.99. The number of benzene rings is 2. The molecule has 2 heterocycles. The van der Waals surface area contributed by atoms with Crippen molar-refractivity contribution >= 4 is 35.0 Å². The summed E-state index contributed by atoms with van der Waals surface area (Å²) in [5.74, 6) is -1.63. The minimum Gasteiger partial charge on any atom is -0.444 e. The molecule has 1 aromatic heterocycles. The van der Waals surface area contributed by atoms with Gasteiger partial charge in [-0.25, -0.2) is 13.9 Å². The number of piperidine rings is 1. The zero-order valence-corrected chi connectivity index (χ0v) is 21.9. The smallest absolute Gasteiger partial charge is 0.410 e. The fourth-order valence-corrected chi connectivity index (χ4v) is 4.41. The van der Waals surface area contributed by atoms with Gasteiger partial charge in [0.25, 0.3) is 11.6 Å². The van der Waals surface area contributed by atoms with Crippen LogP contribution in [0.3, 0.4) is 0 Å². The zero-order chi connectivity index (χ0) is 27.6. The average Bonchev–Trinajstić information content (AvgIpc) is 3.30. The molecule has 2 amide bonds. The Kier molecular flexibility index (Phi) is 7.68. The van der Waals surface area contributed by atoms with Gasteiger partial charge in [-0.05, 0) is 63.9 Å². The average molecular weight is 544 g/mol. The Morgan fingerprint density at radius 1 is 1.16 bits per heavy atom. The summed E-state index contributed by atoms with van der Waals surface area (Å²) in [7, 11) is 0. The van der Waals surface area contributed by atoms with Gasteiger partial charge in [0.15, 0.2) is 0 Å². The van der Waals surface area contributed by atoms with Gasteiger partial charge < -0.3 is 15.0 Å². The van der Waals surface area contributed by atoms with Crippen molar-refractivity contribution in [3.8, 4) is 5.69 Å². The van der Waals surface area contributed by atoms with Crippen LogP contribution in [-0.2, 0) is 4.74 Å². The topological polar surface area (TPSA) is 120 Å². The molecule has 0 radical (unpaired) electrons. The van der Waals surface area contributed by atoms with Gasteiger partial charge >= 0.3 is 6.09 Å². The highest BCUT2D eigenvalue weighted by molar-refractivity contribution is 6.30. The Bertz CT molecular complexity index is 1360. The fourth-order valence-electron chi connectivity index (χ4n) is 4.29. The molecule has 0 saturated carbocycles. The Labute approximate surface area is 223 Å². The van der Waals surface area contributed by atoms with Crippen molar-refractivity contribution in [2.75, 3.05) is 18.4 Å². The molecule has 10 nitrogen and oxygen atoms in total. The molecule has 38 heavy (non-hydrogen) atoms. The number of rotatable bonds is 5. The molecule has 1 aliphatic heterocycles. The summed E-state index contributed by atoms with van der Waals surface area (Å²) in [5.41, 5.74) is 0.164. The van der Waals surface area contributed by atoms with Crippen molar-refractivity contribution in [3.63, 3.8) is 0 Å². The molecule has 1 saturated heterocycles. The van der Waals surface area contributed by atoms with Gasteiger partial charge in [0, 0.05) is 36.2 Å². The minimum atomic E-state index is -0.804. The highest BCUT2D eigenvalue weighted by Gasteiger charge is 2.32. The normalized spacial score (nSPS) is 14.3. The number of amides is 2. The van der Waals surface area contributed by atoms with Crippen LogP contribution in [0.4, 0.5) is 20.6 Å². The molecule has 3 aromatic rings. The van der Waals surface area contributed by atoms with Crippen LogP contribution in [0.1, 0.15) is 55.6 Å². The summed E-state index contributed by atoms with van der Waals surface area (Å²) < 4.78 is 21.5. The van der Waals surface area contributed by atoms with Gasteiger partial charge in [0.05, 0.1) is 33.8 Å². The first-order valence-electron chi connectivity index (χ1n) is 12.0. The van der Waals surface area contributed by atoms with Crippen molar-refractivity contribution in [3.05, 3.63) is 80.9 Å². The van der Waals surface area contributed by atoms with Crippen LogP contribution >= 0.6 is 11.6 Å². The van der Waals surface area contributed by atoms with Gasteiger partial charge in [0.1, 0.15) is 11.4 Å². The first kappa shape index (κ1) is 27.1. The van der Waals surface area contributed by atoms with E-state index in [-0.39, 0.29) is 22.9 Å². The highest BCUT2D eigenvalue weighted by atomic mass is 35.5. The van der Waals surface area contributed by atoms with Gasteiger partial charge in [-0.2, -0.15) is 5.10 Å². The third-order valence-electron chi connectivity index (χ3n) is 6.06. The SMILES string of the molecule is CC(C)(C)OC(=O)N1CCC(c2c(C(=O)Nc3cc([N+](=O)[O-])ccc3F)cnn2-c2ccc(Cl)cc2)CC1. The molecule has 0 atom stereocenters. The van der Waals surface area contributed by atoms with E-state index < -0.39 is 28.3 Å². The van der Waals surface area contributed by atoms with Crippen LogP contribution in [0.5, 0.6) is 0 Å². The number of nitrogens with one attached hydrogen (secondary N) is 1. The molecule has 1 aliphatic rings. The quantitative estimate of drug-likeness (QED) is 0.314. The predicted octanol–water partition coefficient (Wildman–Crippen LogP) is 5.94. The van der Waals surface area contributed by atoms with Gasteiger partial charge in [-0.1, -0.05) is 11.6 Å². The summed E-state index contributed by atoms with van der Waals surface area (Å²) in [6, 6.07) is 9.84. The van der Waals surface area contributed by atoms with Crippen molar-refractivity contribution < 1.29 is 23.6 Å². The third kappa shape index (κ3) is 6.10. The number of hydrogen-bond donors (Lipinski definition) is 1. The molecule has 4 rings (SSSR count). The largest absolute Gasteiger partial charge is 0.444 e. The second kappa shape index (κ2) is 10.8. The van der Waals surface area contributed by atoms with E-state index >= 15 is 0 Å². The van der Waals surface area contributed by atoms with Crippen LogP contribution in [0.2, 0.25) is 5.02 Å². The lowest BCUT2D eigenvalue weighted by Crippen LogP contribution is -2.41. The molecule has 0 spiro atoms. The standard InChI is InChI=1S/C26H27ClFN5O5/c1-26(2,3)38-25(35)31-12-10-16(11-13-31)23-20(15-29-32(23)18-6-4-17(27)5-7-18)24(34)30-22-14-19(33(36)37)8-9-21(22)28/h4-9,14-16H,10-13H2,1-3H3,(H,30,34). The summed E-state index contributed by atoms with van der Waals surface area (Å²) >= 11 is 6.05. The van der Waals surface area contributed by atoms with Crippen LogP contribution in [-0.4, -0.2) is 50.3 Å². The summed E-state index contributed by atoms with van der Waals surface area (Å²) in [6.07, 6.45) is 2.05. The summed E-state index contributed by atoms with van der Waals surface area (Å²) in [5, 5.41) is 18.5. The molecule has 1 N–H and O–H groups in total. The lowest BCUT2D eigenvalue weighted by Gasteiger charge is -2.34. The van der Waals surface area contributed by atoms with E-state index in [0.29, 0.717) is 42.3 Å². The summed E-state index contributed by atoms with van der Waals surface area (Å²) in [6.45, 7) is 6.23. The Balaban J connectivity index is 1.64. The molecular formula is C26H27ClFN5O5. The number of carbonyl (C=O) groups is 2. The first-order valence-corrected chi connectivity index (χ1v) is 12.4. The van der Waals surface area contributed by atoms with Crippen molar-refractivity contribution in [1.82, 2.24) is 14.7 Å². The number of hydrogen-bond acceptors (Lipinski definition) is 6. The molecule has 200 valence electrons. The second-order valence-electron chi connectivity index (χ2n) is 9.95. The number of anilines is 1. The molecule has 1 fully saturated rings. The van der Waals surface area contributed by atoms with Gasteiger partial charge in [-0.3, -0.25) is 14.9 Å². The van der Waals surface area contributed by atoms with Crippen LogP contribution < -0.4 is 5.32 Å². The number of nitrogens with zero attached hydrogens (tertiary/aromatic N) is 4. The fraction of sp³-hybridized carbons (Fsp3) is 0.346. The number of ether oxygens (including phenoxy) is 1. The van der Waals surface area contributed by atoms with E-state index in [1.807, 2.05) is 0 Å². The number of nitro benzene ring substituents is 1. The van der Waals surface area contributed by atoms with Crippen LogP contribution in [0.15, 0.2) is 48.7 Å². The van der Waals surface area contributed by atoms with Crippen LogP contribution in [0, 0.1) is 15.9 Å². The lowest BCUT2D eigenvalue weighted by molar-refractivity contribution is -0.384. The number of nitro groups is 1. The number of aromatic nitrogens is 2. The number of halogens is 2. The van der Waals surface area contributed by atoms with E-state index in [0.717, 1.165) is 18.2 Å². The molecule has 12 heteroatoms. The maximum absolute atomic E-state index is 14.4. The van der Waals surface area contributed by atoms with Crippen molar-refractivity contribution in [1.29, 1.82) is 0 Å². The Morgan fingerprint density at radius 2 is 1.82 bits per heavy atom. The maximum atomic E-state index is 14.4. The molecule has 2 aromatic carbocycles. The number of carbonyl (C=O) groups excluding carboxylic acids is 2. The van der Waals surface area contributed by atoms with E-state index in [9.17, 15) is 24.1 Å². The minimum absolute atomic E-state index is 0.164. The van der Waals surface area contributed by atoms with Crippen molar-refractivity contribution in [2.45, 2.75) is 45.1 Å². The van der Waals surface area contributed by atoms with Crippen LogP contribution in [0.25, 0.3) is 5.69 Å². The second-order valence-corrected chi connectivity index (χ2v) is 10.4. The highest BCUT2D eigenvalue weighted by Crippen LogP contribution is 2.33. The molecular weight excluding hydrogens is 517 g/mol. The van der Waals surface area contributed by atoms with Gasteiger partial charge in [-0.15, -0.1) is 0 Å². The summed E-state index contributed by atoms with van der Waals surface area (Å²) in [4.78, 5) is 38.0. The van der Waals surface area contributed by atoms with E-state index in [1.54, 1.807) is 54.6 Å². The Morgan fingerprint density at radius 3 is 2.42 bits per heavy atom. The van der Waals surface area contributed by atoms with E-state index in [1.165, 1.54) is 6.20 Å². The molecule has 0 aliphatic carbocycles. The predicted molar refractivity (Wildman–Crippen MR) is 139 cm³/mol. The maximum Gasteiger partial charge on any atom is 0.410 e. The molecule has 0 bridgehead atoms. The van der Waals surface area contributed by atoms with Crippen molar-refractivity contribution in [2.24, 2.45) is 0 Å².